The Bertz CT molecular complexity index is 1470. The molecule has 1 saturated heterocycles. The summed E-state index contributed by atoms with van der Waals surface area (Å²) in [6, 6.07) is 17.2. The van der Waals surface area contributed by atoms with Crippen LogP contribution in [0.4, 0.5) is 5.13 Å². The summed E-state index contributed by atoms with van der Waals surface area (Å²) in [6.07, 6.45) is 0.928. The second kappa shape index (κ2) is 10.2. The van der Waals surface area contributed by atoms with E-state index in [1.165, 1.54) is 32.8 Å². The van der Waals surface area contributed by atoms with Gasteiger partial charge in [-0.2, -0.15) is 4.31 Å². The second-order valence-electron chi connectivity index (χ2n) is 9.05. The van der Waals surface area contributed by atoms with Crippen LogP contribution >= 0.6 is 34.3 Å². The van der Waals surface area contributed by atoms with Crippen LogP contribution < -0.4 is 4.90 Å². The molecule has 1 fully saturated rings. The molecule has 1 amide bonds. The first-order valence-corrected chi connectivity index (χ1v) is 15.2. The number of sulfonamides is 1. The van der Waals surface area contributed by atoms with Crippen LogP contribution in [0.1, 0.15) is 29.5 Å². The first-order valence-electron chi connectivity index (χ1n) is 11.7. The van der Waals surface area contributed by atoms with Gasteiger partial charge in [0.15, 0.2) is 5.13 Å². The van der Waals surface area contributed by atoms with Crippen molar-refractivity contribution in [3.63, 3.8) is 0 Å². The highest BCUT2D eigenvalue weighted by Gasteiger charge is 2.35. The predicted octanol–water partition coefficient (Wildman–Crippen LogP) is 6.26. The minimum absolute atomic E-state index is 0.0115. The van der Waals surface area contributed by atoms with Gasteiger partial charge in [0.25, 0.3) is 10.0 Å². The molecule has 0 spiro atoms. The topological polar surface area (TPSA) is 70.6 Å². The fourth-order valence-corrected chi connectivity index (χ4v) is 8.57. The largest absolute Gasteiger partial charge is 0.283 e. The molecule has 0 saturated carbocycles. The summed E-state index contributed by atoms with van der Waals surface area (Å²) in [4.78, 5) is 20.5. The van der Waals surface area contributed by atoms with Crippen LogP contribution in [-0.4, -0.2) is 36.7 Å². The van der Waals surface area contributed by atoms with Crippen molar-refractivity contribution >= 4 is 65.6 Å². The molecular formula is C26H26ClN3O3S3. The molecule has 0 atom stereocenters. The number of anilines is 1. The van der Waals surface area contributed by atoms with E-state index in [1.807, 2.05) is 30.3 Å². The van der Waals surface area contributed by atoms with E-state index in [4.69, 9.17) is 16.6 Å². The number of benzene rings is 2. The standard InChI is InChI=1S/C26H26ClN3O3S3/c1-17-14-21-22(15-18(17)2)34-26(28-21)30(16-19-6-4-3-5-7-19)25(31)20-10-12-29(13-11-20)36(32,33)24-9-8-23(27)35-24/h3-9,14-15,20H,10-13,16H2,1-2H3. The van der Waals surface area contributed by atoms with Crippen molar-refractivity contribution in [2.45, 2.75) is 37.4 Å². The van der Waals surface area contributed by atoms with Crippen LogP contribution in [0.5, 0.6) is 0 Å². The van der Waals surface area contributed by atoms with Crippen LogP contribution in [0.15, 0.2) is 58.8 Å². The summed E-state index contributed by atoms with van der Waals surface area (Å²) in [5.74, 6) is -0.287. The molecule has 1 aliphatic heterocycles. The Morgan fingerprint density at radius 3 is 2.42 bits per heavy atom. The third-order valence-electron chi connectivity index (χ3n) is 6.62. The van der Waals surface area contributed by atoms with Gasteiger partial charge in [0.2, 0.25) is 5.91 Å². The number of carbonyl (C=O) groups is 1. The molecule has 2 aromatic heterocycles. The third-order valence-corrected chi connectivity index (χ3v) is 11.3. The summed E-state index contributed by atoms with van der Waals surface area (Å²) in [6.45, 7) is 5.15. The van der Waals surface area contributed by atoms with Gasteiger partial charge in [0, 0.05) is 19.0 Å². The quantitative estimate of drug-likeness (QED) is 0.279. The Kier molecular flexibility index (Phi) is 7.20. The van der Waals surface area contributed by atoms with Gasteiger partial charge in [0.05, 0.1) is 21.1 Å². The molecule has 5 rings (SSSR count). The zero-order valence-electron chi connectivity index (χ0n) is 20.0. The fraction of sp³-hybridized carbons (Fsp3) is 0.308. The average molecular weight is 560 g/mol. The van der Waals surface area contributed by atoms with E-state index in [0.717, 1.165) is 27.1 Å². The Hall–Kier alpha value is -2.30. The zero-order chi connectivity index (χ0) is 25.4. The SMILES string of the molecule is Cc1cc2nc(N(Cc3ccccc3)C(=O)C3CCN(S(=O)(=O)c4ccc(Cl)s4)CC3)sc2cc1C. The first kappa shape index (κ1) is 25.4. The molecule has 4 aromatic rings. The third kappa shape index (κ3) is 5.08. The lowest BCUT2D eigenvalue weighted by molar-refractivity contribution is -0.123. The van der Waals surface area contributed by atoms with Crippen LogP contribution in [-0.2, 0) is 21.4 Å². The summed E-state index contributed by atoms with van der Waals surface area (Å²) >= 11 is 8.53. The van der Waals surface area contributed by atoms with E-state index in [-0.39, 0.29) is 16.0 Å². The number of amides is 1. The van der Waals surface area contributed by atoms with Gasteiger partial charge in [-0.1, -0.05) is 53.3 Å². The predicted molar refractivity (Wildman–Crippen MR) is 148 cm³/mol. The van der Waals surface area contributed by atoms with Crippen molar-refractivity contribution in [1.29, 1.82) is 0 Å². The maximum Gasteiger partial charge on any atom is 0.252 e. The van der Waals surface area contributed by atoms with Crippen molar-refractivity contribution in [2.24, 2.45) is 5.92 Å². The molecule has 2 aromatic carbocycles. The number of thiophene rings is 1. The lowest BCUT2D eigenvalue weighted by Crippen LogP contribution is -2.44. The molecule has 10 heteroatoms. The number of rotatable bonds is 6. The van der Waals surface area contributed by atoms with Gasteiger partial charge in [-0.05, 0) is 67.6 Å². The number of hydrogen-bond acceptors (Lipinski definition) is 6. The Labute approximate surface area is 224 Å². The number of nitrogens with zero attached hydrogens (tertiary/aromatic N) is 3. The van der Waals surface area contributed by atoms with Gasteiger partial charge in [-0.25, -0.2) is 13.4 Å². The van der Waals surface area contributed by atoms with E-state index in [2.05, 4.69) is 26.0 Å². The molecular weight excluding hydrogens is 534 g/mol. The number of hydrogen-bond donors (Lipinski definition) is 0. The van der Waals surface area contributed by atoms with Gasteiger partial charge in [-0.3, -0.25) is 9.69 Å². The monoisotopic (exact) mass is 559 g/mol. The molecule has 1 aliphatic rings. The Balaban J connectivity index is 1.39. The molecule has 0 aliphatic carbocycles. The highest BCUT2D eigenvalue weighted by molar-refractivity contribution is 7.91. The van der Waals surface area contributed by atoms with E-state index >= 15 is 0 Å². The van der Waals surface area contributed by atoms with Gasteiger partial charge >= 0.3 is 0 Å². The van der Waals surface area contributed by atoms with Crippen LogP contribution in [0.3, 0.4) is 0 Å². The Morgan fingerprint density at radius 1 is 1.06 bits per heavy atom. The number of thiazole rings is 1. The maximum atomic E-state index is 13.9. The molecule has 36 heavy (non-hydrogen) atoms. The van der Waals surface area contributed by atoms with Gasteiger partial charge in [0.1, 0.15) is 4.21 Å². The number of halogens is 1. The van der Waals surface area contributed by atoms with Crippen LogP contribution in [0.2, 0.25) is 4.34 Å². The first-order chi connectivity index (χ1) is 17.2. The lowest BCUT2D eigenvalue weighted by atomic mass is 9.96. The fourth-order valence-electron chi connectivity index (χ4n) is 4.42. The van der Waals surface area contributed by atoms with Crippen molar-refractivity contribution in [3.8, 4) is 0 Å². The zero-order valence-corrected chi connectivity index (χ0v) is 23.2. The molecule has 0 radical (unpaired) electrons. The van der Waals surface area contributed by atoms with Gasteiger partial charge in [-0.15, -0.1) is 11.3 Å². The van der Waals surface area contributed by atoms with Crippen molar-refractivity contribution in [1.82, 2.24) is 9.29 Å². The number of carbonyl (C=O) groups excluding carboxylic acids is 1. The van der Waals surface area contributed by atoms with E-state index < -0.39 is 10.0 Å². The molecule has 0 bridgehead atoms. The highest BCUT2D eigenvalue weighted by atomic mass is 35.5. The molecule has 188 valence electrons. The number of fused-ring (bicyclic) bond motifs is 1. The van der Waals surface area contributed by atoms with Crippen molar-refractivity contribution in [2.75, 3.05) is 18.0 Å². The van der Waals surface area contributed by atoms with Crippen molar-refractivity contribution < 1.29 is 13.2 Å². The average Bonchev–Trinajstić information content (AvgIpc) is 3.49. The van der Waals surface area contributed by atoms with E-state index in [1.54, 1.807) is 11.0 Å². The molecule has 6 nitrogen and oxygen atoms in total. The van der Waals surface area contributed by atoms with Crippen LogP contribution in [0.25, 0.3) is 10.2 Å². The maximum absolute atomic E-state index is 13.9. The normalized spacial score (nSPS) is 15.4. The summed E-state index contributed by atoms with van der Waals surface area (Å²) in [7, 11) is -3.60. The summed E-state index contributed by atoms with van der Waals surface area (Å²) < 4.78 is 29.2. The van der Waals surface area contributed by atoms with Gasteiger partial charge < -0.3 is 0 Å². The number of aromatic nitrogens is 1. The Morgan fingerprint density at radius 2 is 1.75 bits per heavy atom. The minimum atomic E-state index is -3.60. The smallest absolute Gasteiger partial charge is 0.252 e. The minimum Gasteiger partial charge on any atom is -0.283 e. The highest BCUT2D eigenvalue weighted by Crippen LogP contribution is 2.35. The van der Waals surface area contributed by atoms with Crippen molar-refractivity contribution in [3.05, 3.63) is 75.6 Å². The number of piperidine rings is 1. The van der Waals surface area contributed by atoms with E-state index in [9.17, 15) is 13.2 Å². The van der Waals surface area contributed by atoms with E-state index in [0.29, 0.717) is 41.9 Å². The summed E-state index contributed by atoms with van der Waals surface area (Å²) in [5.41, 5.74) is 4.27. The number of aryl methyl sites for hydroxylation is 2. The summed E-state index contributed by atoms with van der Waals surface area (Å²) in [5, 5.41) is 0.673. The molecule has 0 N–H and O–H groups in total. The molecule has 0 unspecified atom stereocenters. The lowest BCUT2D eigenvalue weighted by Gasteiger charge is -2.32. The molecule has 3 heterocycles. The van der Waals surface area contributed by atoms with Crippen LogP contribution in [0, 0.1) is 19.8 Å². The second-order valence-corrected chi connectivity index (χ2v) is 13.9.